The second kappa shape index (κ2) is 8.78. The van der Waals surface area contributed by atoms with Crippen LogP contribution in [0.5, 0.6) is 5.75 Å². The van der Waals surface area contributed by atoms with E-state index in [-0.39, 0.29) is 6.61 Å². The number of ether oxygens (including phenoxy) is 3. The highest BCUT2D eigenvalue weighted by atomic mass is 16.7. The Morgan fingerprint density at radius 1 is 1.04 bits per heavy atom. The summed E-state index contributed by atoms with van der Waals surface area (Å²) in [6.07, 6.45) is 2.03. The highest BCUT2D eigenvalue weighted by Crippen LogP contribution is 2.30. The van der Waals surface area contributed by atoms with Crippen LogP contribution >= 0.6 is 0 Å². The molecule has 0 unspecified atom stereocenters. The van der Waals surface area contributed by atoms with Gasteiger partial charge in [-0.25, -0.2) is 4.98 Å². The molecule has 0 saturated carbocycles. The Morgan fingerprint density at radius 3 is 2.58 bits per heavy atom. The molecule has 3 rings (SSSR count). The molecule has 1 aromatic carbocycles. The van der Waals surface area contributed by atoms with E-state index < -0.39 is 6.29 Å². The Balaban J connectivity index is 1.73. The quantitative estimate of drug-likeness (QED) is 0.754. The van der Waals surface area contributed by atoms with Crippen molar-refractivity contribution in [2.75, 3.05) is 19.8 Å². The van der Waals surface area contributed by atoms with Gasteiger partial charge < -0.3 is 19.3 Å². The van der Waals surface area contributed by atoms with Crippen molar-refractivity contribution in [1.29, 1.82) is 0 Å². The molecular formula is C19H23NO4. The van der Waals surface area contributed by atoms with E-state index in [1.165, 1.54) is 0 Å². The van der Waals surface area contributed by atoms with Crippen LogP contribution in [0.15, 0.2) is 42.5 Å². The lowest BCUT2D eigenvalue weighted by Crippen LogP contribution is -2.08. The number of aliphatic hydroxyl groups is 1. The molecule has 0 amide bonds. The van der Waals surface area contributed by atoms with Crippen molar-refractivity contribution >= 4 is 0 Å². The smallest absolute Gasteiger partial charge is 0.205 e. The van der Waals surface area contributed by atoms with E-state index in [1.807, 2.05) is 42.5 Å². The lowest BCUT2D eigenvalue weighted by molar-refractivity contribution is -0.0493. The van der Waals surface area contributed by atoms with Crippen molar-refractivity contribution in [1.82, 2.24) is 4.98 Å². The number of hydrogen-bond donors (Lipinski definition) is 1. The Hall–Kier alpha value is -1.95. The molecule has 5 heteroatoms. The van der Waals surface area contributed by atoms with E-state index in [0.717, 1.165) is 30.5 Å². The first-order valence-electron chi connectivity index (χ1n) is 8.37. The fraction of sp³-hybridized carbons (Fsp3) is 0.421. The summed E-state index contributed by atoms with van der Waals surface area (Å²) in [4.78, 5) is 4.68. The molecule has 1 aliphatic rings. The van der Waals surface area contributed by atoms with Crippen molar-refractivity contribution in [3.63, 3.8) is 0 Å². The summed E-state index contributed by atoms with van der Waals surface area (Å²) in [7, 11) is 0. The molecule has 1 aromatic heterocycles. The third-order valence-electron chi connectivity index (χ3n) is 3.87. The molecule has 0 spiro atoms. The number of rotatable bonds is 8. The summed E-state index contributed by atoms with van der Waals surface area (Å²) < 4.78 is 17.2. The van der Waals surface area contributed by atoms with E-state index in [4.69, 9.17) is 19.3 Å². The van der Waals surface area contributed by atoms with Gasteiger partial charge in [0.1, 0.15) is 18.1 Å². The minimum Gasteiger partial charge on any atom is -0.487 e. The summed E-state index contributed by atoms with van der Waals surface area (Å²) in [5, 5.41) is 8.91. The average Bonchev–Trinajstić information content (AvgIpc) is 3.16. The van der Waals surface area contributed by atoms with Crippen LogP contribution in [0.4, 0.5) is 0 Å². The van der Waals surface area contributed by atoms with Crippen LogP contribution in [0, 0.1) is 0 Å². The summed E-state index contributed by atoms with van der Waals surface area (Å²) in [6, 6.07) is 13.9. The topological polar surface area (TPSA) is 60.8 Å². The van der Waals surface area contributed by atoms with E-state index in [1.54, 1.807) is 0 Å². The van der Waals surface area contributed by atoms with Gasteiger partial charge in [-0.3, -0.25) is 0 Å². The van der Waals surface area contributed by atoms with Gasteiger partial charge in [0.15, 0.2) is 0 Å². The Kier molecular flexibility index (Phi) is 6.18. The van der Waals surface area contributed by atoms with Crippen molar-refractivity contribution in [2.45, 2.75) is 32.2 Å². The van der Waals surface area contributed by atoms with Crippen LogP contribution in [-0.2, 0) is 22.5 Å². The molecule has 2 heterocycles. The molecule has 2 aromatic rings. The fourth-order valence-electron chi connectivity index (χ4n) is 2.60. The summed E-state index contributed by atoms with van der Waals surface area (Å²) in [5.41, 5.74) is 2.76. The lowest BCUT2D eigenvalue weighted by Gasteiger charge is -2.16. The summed E-state index contributed by atoms with van der Waals surface area (Å²) in [5.74, 6) is 0.691. The summed E-state index contributed by atoms with van der Waals surface area (Å²) >= 11 is 0. The number of hydrogen-bond acceptors (Lipinski definition) is 5. The Bertz CT molecular complexity index is 627. The van der Waals surface area contributed by atoms with Gasteiger partial charge in [0, 0.05) is 12.3 Å². The first kappa shape index (κ1) is 16.9. The maximum absolute atomic E-state index is 8.91. The standard InChI is InChI=1S/C19H23NO4/c21-11-5-4-8-16-9-10-17(18(20-16)19-22-12-13-23-19)24-14-15-6-2-1-3-7-15/h1-3,6-7,9-10,19,21H,4-5,8,11-14H2. The zero-order valence-electron chi connectivity index (χ0n) is 13.7. The fourth-order valence-corrected chi connectivity index (χ4v) is 2.60. The minimum atomic E-state index is -0.464. The minimum absolute atomic E-state index is 0.208. The number of aliphatic hydroxyl groups excluding tert-OH is 1. The van der Waals surface area contributed by atoms with Gasteiger partial charge in [0.2, 0.25) is 6.29 Å². The van der Waals surface area contributed by atoms with Crippen LogP contribution in [0.1, 0.15) is 36.1 Å². The molecule has 5 nitrogen and oxygen atoms in total. The second-order valence-electron chi connectivity index (χ2n) is 5.71. The monoisotopic (exact) mass is 329 g/mol. The van der Waals surface area contributed by atoms with Crippen molar-refractivity contribution in [3.05, 3.63) is 59.4 Å². The number of aryl methyl sites for hydroxylation is 1. The first-order chi connectivity index (χ1) is 11.9. The predicted octanol–water partition coefficient (Wildman–Crippen LogP) is 3.02. The molecule has 1 saturated heterocycles. The SMILES string of the molecule is OCCCCc1ccc(OCc2ccccc2)c(C2OCCO2)n1. The highest BCUT2D eigenvalue weighted by Gasteiger charge is 2.24. The molecule has 0 bridgehead atoms. The zero-order valence-corrected chi connectivity index (χ0v) is 13.7. The molecule has 24 heavy (non-hydrogen) atoms. The van der Waals surface area contributed by atoms with Gasteiger partial charge in [-0.15, -0.1) is 0 Å². The Morgan fingerprint density at radius 2 is 1.83 bits per heavy atom. The maximum atomic E-state index is 8.91. The van der Waals surface area contributed by atoms with Crippen LogP contribution < -0.4 is 4.74 Å². The van der Waals surface area contributed by atoms with E-state index in [9.17, 15) is 0 Å². The third kappa shape index (κ3) is 4.54. The number of unbranched alkanes of at least 4 members (excludes halogenated alkanes) is 1. The molecule has 1 N–H and O–H groups in total. The Labute approximate surface area is 142 Å². The van der Waals surface area contributed by atoms with Crippen LogP contribution in [0.2, 0.25) is 0 Å². The van der Waals surface area contributed by atoms with Gasteiger partial charge >= 0.3 is 0 Å². The average molecular weight is 329 g/mol. The number of pyridine rings is 1. The van der Waals surface area contributed by atoms with Gasteiger partial charge in [-0.2, -0.15) is 0 Å². The molecule has 0 aliphatic carbocycles. The second-order valence-corrected chi connectivity index (χ2v) is 5.71. The zero-order chi connectivity index (χ0) is 16.6. The van der Waals surface area contributed by atoms with E-state index >= 15 is 0 Å². The van der Waals surface area contributed by atoms with Crippen molar-refractivity contribution in [2.24, 2.45) is 0 Å². The van der Waals surface area contributed by atoms with Gasteiger partial charge in [-0.05, 0) is 37.0 Å². The maximum Gasteiger partial charge on any atom is 0.205 e. The molecule has 0 radical (unpaired) electrons. The highest BCUT2D eigenvalue weighted by molar-refractivity contribution is 5.31. The molecule has 0 atom stereocenters. The normalized spacial score (nSPS) is 14.9. The van der Waals surface area contributed by atoms with E-state index in [2.05, 4.69) is 4.98 Å². The number of benzene rings is 1. The number of nitrogens with zero attached hydrogens (tertiary/aromatic N) is 1. The van der Waals surface area contributed by atoms with Gasteiger partial charge in [0.25, 0.3) is 0 Å². The lowest BCUT2D eigenvalue weighted by atomic mass is 10.1. The molecular weight excluding hydrogens is 306 g/mol. The van der Waals surface area contributed by atoms with Crippen LogP contribution in [0.25, 0.3) is 0 Å². The summed E-state index contributed by atoms with van der Waals surface area (Å²) in [6.45, 7) is 1.82. The van der Waals surface area contributed by atoms with Crippen LogP contribution in [0.3, 0.4) is 0 Å². The molecule has 1 aliphatic heterocycles. The van der Waals surface area contributed by atoms with Crippen molar-refractivity contribution in [3.8, 4) is 5.75 Å². The van der Waals surface area contributed by atoms with Gasteiger partial charge in [0.05, 0.1) is 13.2 Å². The molecule has 128 valence electrons. The first-order valence-corrected chi connectivity index (χ1v) is 8.37. The van der Waals surface area contributed by atoms with Gasteiger partial charge in [-0.1, -0.05) is 30.3 Å². The third-order valence-corrected chi connectivity index (χ3v) is 3.87. The number of aromatic nitrogens is 1. The van der Waals surface area contributed by atoms with Crippen LogP contribution in [-0.4, -0.2) is 29.9 Å². The largest absolute Gasteiger partial charge is 0.487 e. The molecule has 1 fully saturated rings. The predicted molar refractivity (Wildman–Crippen MR) is 89.7 cm³/mol. The van der Waals surface area contributed by atoms with E-state index in [0.29, 0.717) is 31.3 Å². The van der Waals surface area contributed by atoms with Crippen molar-refractivity contribution < 1.29 is 19.3 Å².